The van der Waals surface area contributed by atoms with Gasteiger partial charge in [0.15, 0.2) is 0 Å². The van der Waals surface area contributed by atoms with E-state index in [4.69, 9.17) is 5.84 Å². The first-order valence-corrected chi connectivity index (χ1v) is 3.69. The summed E-state index contributed by atoms with van der Waals surface area (Å²) in [7, 11) is 0. The van der Waals surface area contributed by atoms with Gasteiger partial charge in [0.1, 0.15) is 0 Å². The van der Waals surface area contributed by atoms with Crippen LogP contribution >= 0.6 is 0 Å². The number of benzene rings is 1. The molecule has 1 aromatic rings. The molecule has 0 amide bonds. The van der Waals surface area contributed by atoms with E-state index in [1.807, 2.05) is 12.1 Å². The Hall–Kier alpha value is -0.900. The van der Waals surface area contributed by atoms with E-state index in [-0.39, 0.29) is 0 Å². The summed E-state index contributed by atoms with van der Waals surface area (Å²) in [5.74, 6) is 5.57. The fourth-order valence-electron chi connectivity index (χ4n) is 1.31. The van der Waals surface area contributed by atoms with Crippen LogP contribution in [0.1, 0.15) is 11.1 Å². The molecule has 1 aliphatic heterocycles. The number of hydrazine groups is 2. The van der Waals surface area contributed by atoms with Crippen LogP contribution in [-0.2, 0) is 13.1 Å². The third kappa shape index (κ3) is 1.26. The van der Waals surface area contributed by atoms with Gasteiger partial charge in [-0.2, -0.15) is 5.12 Å². The lowest BCUT2D eigenvalue weighted by molar-refractivity contribution is 0.163. The van der Waals surface area contributed by atoms with Gasteiger partial charge in [-0.3, -0.25) is 5.84 Å². The molecule has 1 aliphatic rings. The highest BCUT2D eigenvalue weighted by Gasteiger charge is 2.10. The smallest absolute Gasteiger partial charge is 0.0539 e. The van der Waals surface area contributed by atoms with Crippen molar-refractivity contribution in [2.75, 3.05) is 0 Å². The summed E-state index contributed by atoms with van der Waals surface area (Å²) >= 11 is 0. The summed E-state index contributed by atoms with van der Waals surface area (Å²) in [6.45, 7) is 1.63. The zero-order chi connectivity index (χ0) is 7.68. The van der Waals surface area contributed by atoms with Crippen molar-refractivity contribution in [2.24, 2.45) is 5.84 Å². The molecule has 0 fully saturated rings. The number of nitrogens with two attached hydrogens (primary N) is 1. The maximum absolute atomic E-state index is 5.57. The largest absolute Gasteiger partial charge is 0.255 e. The molecule has 0 bridgehead atoms. The van der Waals surface area contributed by atoms with Gasteiger partial charge in [-0.1, -0.05) is 24.3 Å². The predicted octanol–water partition coefficient (Wildman–Crippen LogP) is 0.381. The number of fused-ring (bicyclic) bond motifs is 1. The third-order valence-corrected chi connectivity index (χ3v) is 1.93. The van der Waals surface area contributed by atoms with Crippen LogP contribution < -0.4 is 11.3 Å². The topological polar surface area (TPSA) is 41.3 Å². The molecule has 11 heavy (non-hydrogen) atoms. The average molecular weight is 149 g/mol. The van der Waals surface area contributed by atoms with Crippen LogP contribution in [0.15, 0.2) is 24.3 Å². The average Bonchev–Trinajstić information content (AvgIpc) is 2.04. The highest BCUT2D eigenvalue weighted by Crippen LogP contribution is 2.12. The van der Waals surface area contributed by atoms with Crippen LogP contribution in [0.3, 0.4) is 0 Å². The fourth-order valence-corrected chi connectivity index (χ4v) is 1.31. The van der Waals surface area contributed by atoms with Crippen molar-refractivity contribution in [1.82, 2.24) is 10.5 Å². The molecule has 1 heterocycles. The van der Waals surface area contributed by atoms with Crippen LogP contribution in [0.2, 0.25) is 0 Å². The lowest BCUT2D eigenvalue weighted by atomic mass is 10.1. The first-order valence-electron chi connectivity index (χ1n) is 3.69. The molecule has 0 aliphatic carbocycles. The third-order valence-electron chi connectivity index (χ3n) is 1.93. The van der Waals surface area contributed by atoms with Crippen LogP contribution in [0.4, 0.5) is 0 Å². The summed E-state index contributed by atoms with van der Waals surface area (Å²) in [6, 6.07) is 8.32. The van der Waals surface area contributed by atoms with Gasteiger partial charge in [0.05, 0.1) is 6.54 Å². The zero-order valence-electron chi connectivity index (χ0n) is 6.25. The summed E-state index contributed by atoms with van der Waals surface area (Å²) in [6.07, 6.45) is 0. The van der Waals surface area contributed by atoms with E-state index in [9.17, 15) is 0 Å². The van der Waals surface area contributed by atoms with Gasteiger partial charge in [0.25, 0.3) is 0 Å². The van der Waals surface area contributed by atoms with Crippen molar-refractivity contribution in [3.8, 4) is 0 Å². The zero-order valence-corrected chi connectivity index (χ0v) is 6.25. The lowest BCUT2D eigenvalue weighted by Gasteiger charge is -2.25. The molecule has 2 rings (SSSR count). The Morgan fingerprint density at radius 1 is 1.27 bits per heavy atom. The lowest BCUT2D eigenvalue weighted by Crippen LogP contribution is -2.45. The summed E-state index contributed by atoms with van der Waals surface area (Å²) in [4.78, 5) is 0. The van der Waals surface area contributed by atoms with Crippen molar-refractivity contribution >= 4 is 0 Å². The van der Waals surface area contributed by atoms with Gasteiger partial charge >= 0.3 is 0 Å². The van der Waals surface area contributed by atoms with E-state index in [1.54, 1.807) is 5.12 Å². The summed E-state index contributed by atoms with van der Waals surface area (Å²) in [5.41, 5.74) is 5.70. The minimum Gasteiger partial charge on any atom is -0.255 e. The highest BCUT2D eigenvalue weighted by atomic mass is 15.7. The summed E-state index contributed by atoms with van der Waals surface area (Å²) in [5, 5.41) is 1.61. The second kappa shape index (κ2) is 2.62. The molecular formula is C8H11N3. The van der Waals surface area contributed by atoms with E-state index in [0.29, 0.717) is 0 Å². The first kappa shape index (κ1) is 6.79. The van der Waals surface area contributed by atoms with Gasteiger partial charge in [-0.05, 0) is 11.1 Å². The number of hydrogen-bond acceptors (Lipinski definition) is 3. The molecule has 3 heteroatoms. The van der Waals surface area contributed by atoms with Crippen molar-refractivity contribution in [3.05, 3.63) is 35.4 Å². The Kier molecular flexibility index (Phi) is 1.62. The second-order valence-electron chi connectivity index (χ2n) is 2.73. The number of hydrogen-bond donors (Lipinski definition) is 2. The molecule has 0 radical (unpaired) electrons. The quantitative estimate of drug-likeness (QED) is 0.524. The van der Waals surface area contributed by atoms with E-state index >= 15 is 0 Å². The van der Waals surface area contributed by atoms with Gasteiger partial charge in [-0.25, -0.2) is 5.43 Å². The Balaban J connectivity index is 2.34. The van der Waals surface area contributed by atoms with Crippen molar-refractivity contribution in [3.63, 3.8) is 0 Å². The van der Waals surface area contributed by atoms with Crippen molar-refractivity contribution in [1.29, 1.82) is 0 Å². The van der Waals surface area contributed by atoms with Crippen molar-refractivity contribution < 1.29 is 0 Å². The molecule has 0 saturated heterocycles. The Labute approximate surface area is 65.7 Å². The van der Waals surface area contributed by atoms with Crippen LogP contribution in [-0.4, -0.2) is 5.12 Å². The van der Waals surface area contributed by atoms with Gasteiger partial charge in [0.2, 0.25) is 0 Å². The van der Waals surface area contributed by atoms with Crippen LogP contribution in [0, 0.1) is 0 Å². The Morgan fingerprint density at radius 2 is 2.00 bits per heavy atom. The van der Waals surface area contributed by atoms with Crippen LogP contribution in [0.25, 0.3) is 0 Å². The van der Waals surface area contributed by atoms with Gasteiger partial charge in [-0.15, -0.1) is 0 Å². The van der Waals surface area contributed by atoms with Gasteiger partial charge in [0, 0.05) is 6.54 Å². The molecule has 0 aromatic heterocycles. The minimum atomic E-state index is 0.788. The molecule has 58 valence electrons. The van der Waals surface area contributed by atoms with E-state index < -0.39 is 0 Å². The Morgan fingerprint density at radius 3 is 2.82 bits per heavy atom. The van der Waals surface area contributed by atoms with E-state index in [0.717, 1.165) is 13.1 Å². The minimum absolute atomic E-state index is 0.788. The van der Waals surface area contributed by atoms with Gasteiger partial charge < -0.3 is 0 Å². The SMILES string of the molecule is NN1Cc2ccccc2CN1. The molecule has 0 unspecified atom stereocenters. The second-order valence-corrected chi connectivity index (χ2v) is 2.73. The van der Waals surface area contributed by atoms with E-state index in [2.05, 4.69) is 17.6 Å². The van der Waals surface area contributed by atoms with Crippen molar-refractivity contribution in [2.45, 2.75) is 13.1 Å². The number of rotatable bonds is 0. The molecule has 0 saturated carbocycles. The fraction of sp³-hybridized carbons (Fsp3) is 0.250. The predicted molar refractivity (Wildman–Crippen MR) is 43.0 cm³/mol. The Bertz CT molecular complexity index is 259. The highest BCUT2D eigenvalue weighted by molar-refractivity contribution is 5.27. The molecule has 3 nitrogen and oxygen atoms in total. The first-order chi connectivity index (χ1) is 5.36. The monoisotopic (exact) mass is 149 g/mol. The maximum Gasteiger partial charge on any atom is 0.0539 e. The number of nitrogens with one attached hydrogen (secondary N) is 1. The molecule has 3 N–H and O–H groups in total. The molecule has 0 spiro atoms. The normalized spacial score (nSPS) is 17.9. The standard InChI is InChI=1S/C8H11N3/c9-11-6-8-4-2-1-3-7(8)5-10-11/h1-4,10H,5-6,9H2. The molecular weight excluding hydrogens is 138 g/mol. The van der Waals surface area contributed by atoms with E-state index in [1.165, 1.54) is 11.1 Å². The summed E-state index contributed by atoms with van der Waals surface area (Å²) < 4.78 is 0. The molecule has 1 aromatic carbocycles. The van der Waals surface area contributed by atoms with Crippen LogP contribution in [0.5, 0.6) is 0 Å². The number of nitrogens with zero attached hydrogens (tertiary/aromatic N) is 1. The maximum atomic E-state index is 5.57. The molecule has 0 atom stereocenters.